The van der Waals surface area contributed by atoms with Crippen LogP contribution in [0.3, 0.4) is 0 Å². The summed E-state index contributed by atoms with van der Waals surface area (Å²) in [6.07, 6.45) is 7.83. The van der Waals surface area contributed by atoms with Gasteiger partial charge in [0.25, 0.3) is 5.56 Å². The van der Waals surface area contributed by atoms with E-state index in [9.17, 15) is 9.59 Å². The van der Waals surface area contributed by atoms with E-state index in [0.29, 0.717) is 17.4 Å². The Labute approximate surface area is 153 Å². The van der Waals surface area contributed by atoms with E-state index in [4.69, 9.17) is 0 Å². The van der Waals surface area contributed by atoms with Crippen LogP contribution in [0.2, 0.25) is 0 Å². The summed E-state index contributed by atoms with van der Waals surface area (Å²) >= 11 is 0. The second kappa shape index (κ2) is 7.23. The van der Waals surface area contributed by atoms with Crippen molar-refractivity contribution in [3.05, 3.63) is 34.5 Å². The van der Waals surface area contributed by atoms with Crippen LogP contribution in [0.15, 0.2) is 23.1 Å². The van der Waals surface area contributed by atoms with Crippen LogP contribution in [0.4, 0.5) is 0 Å². The molecule has 140 valence electrons. The molecule has 0 spiro atoms. The van der Waals surface area contributed by atoms with Gasteiger partial charge in [0.05, 0.1) is 0 Å². The Kier molecular flexibility index (Phi) is 4.80. The highest BCUT2D eigenvalue weighted by Gasteiger charge is 2.28. The lowest BCUT2D eigenvalue weighted by atomic mass is 10.00. The van der Waals surface area contributed by atoms with E-state index >= 15 is 0 Å². The Morgan fingerprint density at radius 1 is 1.15 bits per heavy atom. The number of carbonyl (C=O) groups excluding carboxylic acids is 1. The standard InChI is InChI=1S/C19H27N5O2/c1-15-20-24(19(26)17-6-5-11-23(15)17)14-18(25)22-12-7-16(8-13-22)21-9-3-2-4-10-21/h5-6,11,16H,2-4,7-10,12-14H2,1H3. The van der Waals surface area contributed by atoms with Gasteiger partial charge in [-0.25, -0.2) is 4.68 Å². The van der Waals surface area contributed by atoms with E-state index in [2.05, 4.69) is 10.00 Å². The molecule has 4 rings (SSSR count). The van der Waals surface area contributed by atoms with Crippen molar-refractivity contribution in [3.63, 3.8) is 0 Å². The van der Waals surface area contributed by atoms with E-state index in [1.54, 1.807) is 10.5 Å². The molecule has 0 unspecified atom stereocenters. The van der Waals surface area contributed by atoms with Gasteiger partial charge in [0.1, 0.15) is 17.9 Å². The number of rotatable bonds is 3. The van der Waals surface area contributed by atoms with Crippen molar-refractivity contribution in [1.82, 2.24) is 24.0 Å². The monoisotopic (exact) mass is 357 g/mol. The van der Waals surface area contributed by atoms with Gasteiger partial charge in [-0.05, 0) is 57.8 Å². The Hall–Kier alpha value is -2.15. The highest BCUT2D eigenvalue weighted by atomic mass is 16.2. The fourth-order valence-electron chi connectivity index (χ4n) is 4.34. The third-order valence-electron chi connectivity index (χ3n) is 5.83. The van der Waals surface area contributed by atoms with E-state index in [1.807, 2.05) is 24.1 Å². The van der Waals surface area contributed by atoms with E-state index in [1.165, 1.54) is 37.0 Å². The molecule has 2 aromatic rings. The van der Waals surface area contributed by atoms with Gasteiger partial charge in [0.15, 0.2) is 0 Å². The summed E-state index contributed by atoms with van der Waals surface area (Å²) in [4.78, 5) is 29.7. The molecule has 0 saturated carbocycles. The molecule has 2 fully saturated rings. The average Bonchev–Trinajstić information content (AvgIpc) is 3.17. The van der Waals surface area contributed by atoms with Gasteiger partial charge in [0, 0.05) is 25.3 Å². The molecule has 0 atom stereocenters. The molecule has 2 aromatic heterocycles. The van der Waals surface area contributed by atoms with Crippen LogP contribution in [0.1, 0.15) is 37.9 Å². The molecule has 0 aromatic carbocycles. The fourth-order valence-corrected chi connectivity index (χ4v) is 4.34. The minimum absolute atomic E-state index is 0.00741. The molecular formula is C19H27N5O2. The van der Waals surface area contributed by atoms with Crippen LogP contribution in [0, 0.1) is 6.92 Å². The number of aromatic nitrogens is 3. The first kappa shape index (κ1) is 17.3. The van der Waals surface area contributed by atoms with E-state index in [-0.39, 0.29) is 18.0 Å². The average molecular weight is 357 g/mol. The van der Waals surface area contributed by atoms with E-state index in [0.717, 1.165) is 25.9 Å². The van der Waals surface area contributed by atoms with Crippen LogP contribution in [0.25, 0.3) is 5.52 Å². The maximum Gasteiger partial charge on any atom is 0.291 e. The van der Waals surface area contributed by atoms with Gasteiger partial charge < -0.3 is 9.80 Å². The zero-order valence-corrected chi connectivity index (χ0v) is 15.4. The molecule has 2 aliphatic rings. The van der Waals surface area contributed by atoms with Crippen molar-refractivity contribution in [1.29, 1.82) is 0 Å². The molecule has 1 amide bonds. The smallest absolute Gasteiger partial charge is 0.291 e. The number of amides is 1. The summed E-state index contributed by atoms with van der Waals surface area (Å²) < 4.78 is 3.07. The summed E-state index contributed by atoms with van der Waals surface area (Å²) in [5.74, 6) is 0.702. The Morgan fingerprint density at radius 3 is 2.62 bits per heavy atom. The number of likely N-dealkylation sites (tertiary alicyclic amines) is 2. The van der Waals surface area contributed by atoms with E-state index < -0.39 is 0 Å². The summed E-state index contributed by atoms with van der Waals surface area (Å²) in [6, 6.07) is 4.20. The number of aryl methyl sites for hydroxylation is 1. The maximum atomic E-state index is 12.7. The quantitative estimate of drug-likeness (QED) is 0.830. The first-order valence-corrected chi connectivity index (χ1v) is 9.70. The van der Waals surface area contributed by atoms with Crippen LogP contribution < -0.4 is 5.56 Å². The van der Waals surface area contributed by atoms with Gasteiger partial charge >= 0.3 is 0 Å². The predicted molar refractivity (Wildman–Crippen MR) is 99.2 cm³/mol. The number of carbonyl (C=O) groups is 1. The Balaban J connectivity index is 1.40. The Morgan fingerprint density at radius 2 is 1.88 bits per heavy atom. The minimum Gasteiger partial charge on any atom is -0.341 e. The summed E-state index contributed by atoms with van der Waals surface area (Å²) in [7, 11) is 0. The van der Waals surface area contributed by atoms with Crippen molar-refractivity contribution in [2.45, 2.75) is 51.6 Å². The molecule has 26 heavy (non-hydrogen) atoms. The molecule has 0 radical (unpaired) electrons. The minimum atomic E-state index is -0.211. The number of hydrogen-bond donors (Lipinski definition) is 0. The SMILES string of the molecule is Cc1nn(CC(=O)N2CCC(N3CCCCC3)CC2)c(=O)c2cccn12. The van der Waals surface area contributed by atoms with Crippen molar-refractivity contribution in [3.8, 4) is 0 Å². The van der Waals surface area contributed by atoms with Crippen molar-refractivity contribution in [2.75, 3.05) is 26.2 Å². The maximum absolute atomic E-state index is 12.7. The zero-order valence-electron chi connectivity index (χ0n) is 15.4. The number of hydrogen-bond acceptors (Lipinski definition) is 4. The van der Waals surface area contributed by atoms with Crippen LogP contribution in [-0.4, -0.2) is 62.1 Å². The second-order valence-corrected chi connectivity index (χ2v) is 7.48. The van der Waals surface area contributed by atoms with Crippen LogP contribution >= 0.6 is 0 Å². The molecule has 7 heteroatoms. The second-order valence-electron chi connectivity index (χ2n) is 7.48. The predicted octanol–water partition coefficient (Wildman–Crippen LogP) is 1.28. The molecule has 0 bridgehead atoms. The molecular weight excluding hydrogens is 330 g/mol. The lowest BCUT2D eigenvalue weighted by Crippen LogP contribution is -2.49. The lowest BCUT2D eigenvalue weighted by Gasteiger charge is -2.40. The largest absolute Gasteiger partial charge is 0.341 e. The highest BCUT2D eigenvalue weighted by molar-refractivity contribution is 5.76. The van der Waals surface area contributed by atoms with Gasteiger partial charge in [-0.15, -0.1) is 0 Å². The summed E-state index contributed by atoms with van der Waals surface area (Å²) in [5.41, 5.74) is 0.353. The zero-order chi connectivity index (χ0) is 18.1. The van der Waals surface area contributed by atoms with Gasteiger partial charge in [-0.2, -0.15) is 5.10 Å². The van der Waals surface area contributed by atoms with Crippen molar-refractivity contribution >= 4 is 11.4 Å². The third kappa shape index (κ3) is 3.28. The van der Waals surface area contributed by atoms with Crippen LogP contribution in [-0.2, 0) is 11.3 Å². The number of nitrogens with zero attached hydrogens (tertiary/aromatic N) is 5. The molecule has 0 aliphatic carbocycles. The first-order valence-electron chi connectivity index (χ1n) is 9.70. The molecule has 0 N–H and O–H groups in total. The lowest BCUT2D eigenvalue weighted by molar-refractivity contribution is -0.133. The third-order valence-corrected chi connectivity index (χ3v) is 5.83. The highest BCUT2D eigenvalue weighted by Crippen LogP contribution is 2.21. The molecule has 7 nitrogen and oxygen atoms in total. The Bertz CT molecular complexity index is 841. The van der Waals surface area contributed by atoms with Gasteiger partial charge in [-0.1, -0.05) is 6.42 Å². The van der Waals surface area contributed by atoms with Crippen molar-refractivity contribution in [2.24, 2.45) is 0 Å². The number of piperidine rings is 2. The topological polar surface area (TPSA) is 62.9 Å². The first-order chi connectivity index (χ1) is 12.6. The van der Waals surface area contributed by atoms with Crippen LogP contribution in [0.5, 0.6) is 0 Å². The molecule has 2 aliphatic heterocycles. The number of fused-ring (bicyclic) bond motifs is 1. The van der Waals surface area contributed by atoms with Crippen molar-refractivity contribution < 1.29 is 4.79 Å². The molecule has 4 heterocycles. The molecule has 2 saturated heterocycles. The summed E-state index contributed by atoms with van der Waals surface area (Å²) in [6.45, 7) is 5.83. The normalized spacial score (nSPS) is 20.0. The fraction of sp³-hybridized carbons (Fsp3) is 0.632. The van der Waals surface area contributed by atoms with Gasteiger partial charge in [-0.3, -0.25) is 14.0 Å². The summed E-state index contributed by atoms with van der Waals surface area (Å²) in [5, 5.41) is 4.31. The van der Waals surface area contributed by atoms with Gasteiger partial charge in [0.2, 0.25) is 5.91 Å².